The Morgan fingerprint density at radius 1 is 1.50 bits per heavy atom. The maximum absolute atomic E-state index is 12.7. The molecule has 66 valence electrons. The van der Waals surface area contributed by atoms with Crippen molar-refractivity contribution in [1.29, 1.82) is 0 Å². The maximum Gasteiger partial charge on any atom is 0.146 e. The summed E-state index contributed by atoms with van der Waals surface area (Å²) in [6.07, 6.45) is 0. The van der Waals surface area contributed by atoms with Gasteiger partial charge in [0.2, 0.25) is 0 Å². The van der Waals surface area contributed by atoms with Crippen molar-refractivity contribution in [3.8, 4) is 0 Å². The van der Waals surface area contributed by atoms with Crippen LogP contribution in [0.4, 0.5) is 10.1 Å². The largest absolute Gasteiger partial charge is 0.396 e. The minimum Gasteiger partial charge on any atom is -0.396 e. The number of anilines is 1. The van der Waals surface area contributed by atoms with E-state index in [1.165, 1.54) is 6.07 Å². The Kier molecular flexibility index (Phi) is 3.41. The topological polar surface area (TPSA) is 26.0 Å². The molecule has 1 aromatic carbocycles. The lowest BCUT2D eigenvalue weighted by molar-refractivity contribution is 0.632. The average Bonchev–Trinajstić information content (AvgIpc) is 2.07. The van der Waals surface area contributed by atoms with Gasteiger partial charge in [0.1, 0.15) is 5.82 Å². The number of halogens is 1. The summed E-state index contributed by atoms with van der Waals surface area (Å²) in [5.41, 5.74) is 6.73. The first kappa shape index (κ1) is 9.39. The third-order valence-corrected chi connectivity index (χ3v) is 2.48. The fraction of sp³-hybridized carbons (Fsp3) is 0.333. The Morgan fingerprint density at radius 2 is 2.25 bits per heavy atom. The average molecular weight is 185 g/mol. The molecule has 0 aromatic heterocycles. The molecule has 0 fully saturated rings. The zero-order chi connectivity index (χ0) is 8.97. The quantitative estimate of drug-likeness (QED) is 0.733. The summed E-state index contributed by atoms with van der Waals surface area (Å²) in [4.78, 5) is 0. The second-order valence-corrected chi connectivity index (χ2v) is 3.77. The molecule has 3 heteroatoms. The van der Waals surface area contributed by atoms with E-state index in [1.807, 2.05) is 0 Å². The first-order valence-electron chi connectivity index (χ1n) is 3.85. The van der Waals surface area contributed by atoms with Crippen LogP contribution in [-0.2, 0) is 5.75 Å². The Labute approximate surface area is 76.2 Å². The Bertz CT molecular complexity index is 263. The molecule has 1 rings (SSSR count). The molecule has 2 N–H and O–H groups in total. The number of benzene rings is 1. The first-order chi connectivity index (χ1) is 5.74. The summed E-state index contributed by atoms with van der Waals surface area (Å²) in [6, 6.07) is 4.88. The number of hydrogen-bond acceptors (Lipinski definition) is 2. The second kappa shape index (κ2) is 4.36. The van der Waals surface area contributed by atoms with Crippen LogP contribution in [0.25, 0.3) is 0 Å². The van der Waals surface area contributed by atoms with E-state index in [-0.39, 0.29) is 11.5 Å². The van der Waals surface area contributed by atoms with E-state index in [0.29, 0.717) is 0 Å². The van der Waals surface area contributed by atoms with Gasteiger partial charge in [-0.25, -0.2) is 4.39 Å². The number of hydrogen-bond donors (Lipinski definition) is 1. The monoisotopic (exact) mass is 185 g/mol. The van der Waals surface area contributed by atoms with E-state index in [4.69, 9.17) is 5.73 Å². The summed E-state index contributed by atoms with van der Waals surface area (Å²) in [7, 11) is 0. The van der Waals surface area contributed by atoms with Crippen LogP contribution in [0.3, 0.4) is 0 Å². The Morgan fingerprint density at radius 3 is 2.83 bits per heavy atom. The molecule has 0 radical (unpaired) electrons. The van der Waals surface area contributed by atoms with Gasteiger partial charge in [-0.3, -0.25) is 0 Å². The SMILES string of the molecule is CCSCc1ccc(F)c(N)c1. The van der Waals surface area contributed by atoms with Gasteiger partial charge in [-0.05, 0) is 23.4 Å². The molecule has 0 heterocycles. The van der Waals surface area contributed by atoms with Crippen LogP contribution in [0.1, 0.15) is 12.5 Å². The zero-order valence-electron chi connectivity index (χ0n) is 7.01. The smallest absolute Gasteiger partial charge is 0.146 e. The van der Waals surface area contributed by atoms with Crippen molar-refractivity contribution in [2.75, 3.05) is 11.5 Å². The molecule has 0 amide bonds. The normalized spacial score (nSPS) is 10.2. The summed E-state index contributed by atoms with van der Waals surface area (Å²) >= 11 is 1.80. The van der Waals surface area contributed by atoms with Crippen LogP contribution in [-0.4, -0.2) is 5.75 Å². The van der Waals surface area contributed by atoms with Gasteiger partial charge in [0, 0.05) is 5.75 Å². The van der Waals surface area contributed by atoms with E-state index in [2.05, 4.69) is 6.92 Å². The van der Waals surface area contributed by atoms with Gasteiger partial charge in [0.05, 0.1) is 5.69 Å². The Hall–Kier alpha value is -0.700. The summed E-state index contributed by atoms with van der Waals surface area (Å²) in [6.45, 7) is 2.09. The molecule has 0 spiro atoms. The second-order valence-electron chi connectivity index (χ2n) is 2.49. The van der Waals surface area contributed by atoms with Crippen molar-refractivity contribution < 1.29 is 4.39 Å². The summed E-state index contributed by atoms with van der Waals surface area (Å²) < 4.78 is 12.7. The van der Waals surface area contributed by atoms with E-state index in [9.17, 15) is 4.39 Å². The molecule has 1 aromatic rings. The highest BCUT2D eigenvalue weighted by molar-refractivity contribution is 7.98. The molecule has 0 bridgehead atoms. The predicted octanol–water partition coefficient (Wildman–Crippen LogP) is 2.66. The minimum absolute atomic E-state index is 0.240. The van der Waals surface area contributed by atoms with Crippen LogP contribution in [0.2, 0.25) is 0 Å². The van der Waals surface area contributed by atoms with Crippen molar-refractivity contribution in [2.24, 2.45) is 0 Å². The molecule has 0 saturated heterocycles. The molecule has 1 nitrogen and oxygen atoms in total. The summed E-state index contributed by atoms with van der Waals surface area (Å²) in [5, 5.41) is 0. The van der Waals surface area contributed by atoms with Gasteiger partial charge < -0.3 is 5.73 Å². The zero-order valence-corrected chi connectivity index (χ0v) is 7.83. The van der Waals surface area contributed by atoms with E-state index in [0.717, 1.165) is 17.1 Å². The van der Waals surface area contributed by atoms with Crippen molar-refractivity contribution in [2.45, 2.75) is 12.7 Å². The van der Waals surface area contributed by atoms with Gasteiger partial charge in [0.25, 0.3) is 0 Å². The van der Waals surface area contributed by atoms with Crippen molar-refractivity contribution in [1.82, 2.24) is 0 Å². The van der Waals surface area contributed by atoms with E-state index >= 15 is 0 Å². The minimum atomic E-state index is -0.333. The molecule has 0 aliphatic heterocycles. The number of nitrogens with two attached hydrogens (primary N) is 1. The maximum atomic E-state index is 12.7. The fourth-order valence-corrected chi connectivity index (χ4v) is 1.52. The highest BCUT2D eigenvalue weighted by Crippen LogP contribution is 2.16. The molecular formula is C9H12FNS. The fourth-order valence-electron chi connectivity index (χ4n) is 0.903. The lowest BCUT2D eigenvalue weighted by Crippen LogP contribution is -1.92. The van der Waals surface area contributed by atoms with Gasteiger partial charge in [-0.1, -0.05) is 13.0 Å². The van der Waals surface area contributed by atoms with Crippen LogP contribution < -0.4 is 5.73 Å². The third kappa shape index (κ3) is 2.41. The van der Waals surface area contributed by atoms with Crippen molar-refractivity contribution >= 4 is 17.4 Å². The molecule has 0 aliphatic rings. The van der Waals surface area contributed by atoms with E-state index < -0.39 is 0 Å². The molecule has 12 heavy (non-hydrogen) atoms. The predicted molar refractivity (Wildman–Crippen MR) is 52.6 cm³/mol. The van der Waals surface area contributed by atoms with Crippen molar-refractivity contribution in [3.63, 3.8) is 0 Å². The summed E-state index contributed by atoms with van der Waals surface area (Å²) in [5.74, 6) is 1.64. The molecule has 0 unspecified atom stereocenters. The number of thioether (sulfide) groups is 1. The molecule has 0 aliphatic carbocycles. The Balaban J connectivity index is 2.69. The van der Waals surface area contributed by atoms with E-state index in [1.54, 1.807) is 23.9 Å². The third-order valence-electron chi connectivity index (χ3n) is 1.53. The first-order valence-corrected chi connectivity index (χ1v) is 5.01. The number of nitrogen functional groups attached to an aromatic ring is 1. The van der Waals surface area contributed by atoms with Crippen molar-refractivity contribution in [3.05, 3.63) is 29.6 Å². The lowest BCUT2D eigenvalue weighted by Gasteiger charge is -2.01. The van der Waals surface area contributed by atoms with Gasteiger partial charge in [-0.2, -0.15) is 11.8 Å². The highest BCUT2D eigenvalue weighted by atomic mass is 32.2. The lowest BCUT2D eigenvalue weighted by atomic mass is 10.2. The van der Waals surface area contributed by atoms with Gasteiger partial charge >= 0.3 is 0 Å². The molecular weight excluding hydrogens is 173 g/mol. The highest BCUT2D eigenvalue weighted by Gasteiger charge is 1.98. The van der Waals surface area contributed by atoms with Crippen LogP contribution in [0.5, 0.6) is 0 Å². The standard InChI is InChI=1S/C9H12FNS/c1-2-12-6-7-3-4-8(10)9(11)5-7/h3-5H,2,6,11H2,1H3. The molecule has 0 atom stereocenters. The van der Waals surface area contributed by atoms with Gasteiger partial charge in [-0.15, -0.1) is 0 Å². The van der Waals surface area contributed by atoms with Crippen LogP contribution >= 0.6 is 11.8 Å². The van der Waals surface area contributed by atoms with Crippen LogP contribution in [0, 0.1) is 5.82 Å². The molecule has 0 saturated carbocycles. The van der Waals surface area contributed by atoms with Gasteiger partial charge in [0.15, 0.2) is 0 Å². The number of rotatable bonds is 3. The van der Waals surface area contributed by atoms with Crippen LogP contribution in [0.15, 0.2) is 18.2 Å².